The van der Waals surface area contributed by atoms with E-state index >= 15 is 0 Å². The maximum atomic E-state index is 12.3. The van der Waals surface area contributed by atoms with Gasteiger partial charge in [-0.15, -0.1) is 0 Å². The van der Waals surface area contributed by atoms with Crippen LogP contribution in [-0.4, -0.2) is 41.5 Å². The van der Waals surface area contributed by atoms with E-state index in [0.29, 0.717) is 0 Å². The summed E-state index contributed by atoms with van der Waals surface area (Å²) in [5, 5.41) is 23.2. The maximum absolute atomic E-state index is 12.3. The van der Waals surface area contributed by atoms with Crippen LogP contribution >= 0.6 is 0 Å². The molecule has 3 aromatic rings. The van der Waals surface area contributed by atoms with E-state index in [9.17, 15) is 19.8 Å². The van der Waals surface area contributed by atoms with Crippen molar-refractivity contribution in [3.63, 3.8) is 0 Å². The van der Waals surface area contributed by atoms with Crippen molar-refractivity contribution in [1.82, 2.24) is 5.32 Å². The number of carbonyl (C=O) groups is 2. The normalized spacial score (nSPS) is 14.2. The van der Waals surface area contributed by atoms with E-state index in [2.05, 4.69) is 17.4 Å². The highest BCUT2D eigenvalue weighted by atomic mass is 16.5. The number of benzene rings is 3. The number of alkyl carbamates (subject to hydrolysis) is 1. The SMILES string of the molecule is NC(=O)c1ccccc1C(O)C(O)CNC(=O)OCC1c2ccccc2-c2ccccc21. The van der Waals surface area contributed by atoms with E-state index in [4.69, 9.17) is 10.5 Å². The van der Waals surface area contributed by atoms with Gasteiger partial charge in [0.2, 0.25) is 5.91 Å². The molecule has 0 aromatic heterocycles. The van der Waals surface area contributed by atoms with Gasteiger partial charge >= 0.3 is 6.09 Å². The molecule has 0 heterocycles. The first-order chi connectivity index (χ1) is 15.5. The molecule has 0 spiro atoms. The van der Waals surface area contributed by atoms with Gasteiger partial charge in [0, 0.05) is 18.0 Å². The number of primary amides is 1. The number of aliphatic hydroxyl groups is 2. The molecule has 2 amide bonds. The minimum absolute atomic E-state index is 0.0777. The first-order valence-electron chi connectivity index (χ1n) is 10.3. The van der Waals surface area contributed by atoms with E-state index in [1.165, 1.54) is 12.1 Å². The van der Waals surface area contributed by atoms with Crippen molar-refractivity contribution >= 4 is 12.0 Å². The number of carbonyl (C=O) groups excluding carboxylic acids is 2. The second-order valence-corrected chi connectivity index (χ2v) is 7.67. The molecule has 0 saturated carbocycles. The number of aliphatic hydroxyl groups excluding tert-OH is 2. The van der Waals surface area contributed by atoms with Crippen LogP contribution in [-0.2, 0) is 4.74 Å². The van der Waals surface area contributed by atoms with Crippen LogP contribution < -0.4 is 11.1 Å². The minimum atomic E-state index is -1.40. The second-order valence-electron chi connectivity index (χ2n) is 7.67. The second kappa shape index (κ2) is 9.21. The van der Waals surface area contributed by atoms with Crippen LogP contribution in [0.3, 0.4) is 0 Å². The van der Waals surface area contributed by atoms with Crippen molar-refractivity contribution in [3.05, 3.63) is 95.1 Å². The van der Waals surface area contributed by atoms with Gasteiger partial charge in [0.25, 0.3) is 0 Å². The minimum Gasteiger partial charge on any atom is -0.449 e. The van der Waals surface area contributed by atoms with E-state index in [1.54, 1.807) is 12.1 Å². The van der Waals surface area contributed by atoms with Gasteiger partial charge in [0.05, 0.1) is 0 Å². The molecule has 7 heteroatoms. The van der Waals surface area contributed by atoms with Gasteiger partial charge in [0.15, 0.2) is 0 Å². The molecule has 0 fully saturated rings. The molecule has 0 aliphatic heterocycles. The lowest BCUT2D eigenvalue weighted by Crippen LogP contribution is -2.36. The van der Waals surface area contributed by atoms with Crippen LogP contribution in [0.1, 0.15) is 39.1 Å². The van der Waals surface area contributed by atoms with Gasteiger partial charge in [-0.1, -0.05) is 66.7 Å². The number of ether oxygens (including phenoxy) is 1. The summed E-state index contributed by atoms with van der Waals surface area (Å²) in [5.41, 5.74) is 10.1. The molecular weight excluding hydrogens is 408 g/mol. The number of fused-ring (bicyclic) bond motifs is 3. The molecule has 4 rings (SSSR count). The van der Waals surface area contributed by atoms with Crippen molar-refractivity contribution in [1.29, 1.82) is 0 Å². The lowest BCUT2D eigenvalue weighted by Gasteiger charge is -2.20. The highest BCUT2D eigenvalue weighted by Gasteiger charge is 2.29. The monoisotopic (exact) mass is 432 g/mol. The first kappa shape index (κ1) is 21.5. The zero-order chi connectivity index (χ0) is 22.7. The fourth-order valence-corrected chi connectivity index (χ4v) is 4.14. The third-order valence-corrected chi connectivity index (χ3v) is 5.71. The van der Waals surface area contributed by atoms with Crippen LogP contribution in [0.4, 0.5) is 4.79 Å². The van der Waals surface area contributed by atoms with Crippen LogP contribution in [0.25, 0.3) is 11.1 Å². The fourth-order valence-electron chi connectivity index (χ4n) is 4.14. The highest BCUT2D eigenvalue weighted by Crippen LogP contribution is 2.44. The molecule has 164 valence electrons. The van der Waals surface area contributed by atoms with E-state index < -0.39 is 24.2 Å². The number of rotatable bonds is 7. The predicted octanol–water partition coefficient (Wildman–Crippen LogP) is 2.72. The molecule has 0 radical (unpaired) electrons. The standard InChI is InChI=1S/C25H24N2O5/c26-24(30)20-12-6-5-11-19(20)23(29)22(28)13-27-25(31)32-14-21-17-9-3-1-7-15(17)16-8-2-4-10-18(16)21/h1-12,21-23,28-29H,13-14H2,(H2,26,30)(H,27,31). The van der Waals surface area contributed by atoms with Gasteiger partial charge < -0.3 is 26.0 Å². The topological polar surface area (TPSA) is 122 Å². The molecule has 1 aliphatic rings. The molecule has 7 nitrogen and oxygen atoms in total. The molecule has 2 atom stereocenters. The van der Waals surface area contributed by atoms with Gasteiger partial charge in [0.1, 0.15) is 18.8 Å². The summed E-state index contributed by atoms with van der Waals surface area (Å²) < 4.78 is 5.42. The Morgan fingerprint density at radius 3 is 2.09 bits per heavy atom. The molecule has 1 aliphatic carbocycles. The smallest absolute Gasteiger partial charge is 0.407 e. The summed E-state index contributed by atoms with van der Waals surface area (Å²) in [6.45, 7) is -0.117. The van der Waals surface area contributed by atoms with E-state index in [1.807, 2.05) is 36.4 Å². The lowest BCUT2D eigenvalue weighted by atomic mass is 9.98. The summed E-state index contributed by atoms with van der Waals surface area (Å²) in [6, 6.07) is 22.2. The molecule has 0 saturated heterocycles. The lowest BCUT2D eigenvalue weighted by molar-refractivity contribution is 0.0181. The zero-order valence-corrected chi connectivity index (χ0v) is 17.3. The summed E-state index contributed by atoms with van der Waals surface area (Å²) in [7, 11) is 0. The van der Waals surface area contributed by atoms with Crippen molar-refractivity contribution < 1.29 is 24.5 Å². The Bertz CT molecular complexity index is 1100. The Hall–Kier alpha value is -3.68. The molecular formula is C25H24N2O5. The number of hydrogen-bond acceptors (Lipinski definition) is 5. The molecule has 5 N–H and O–H groups in total. The Morgan fingerprint density at radius 2 is 1.47 bits per heavy atom. The van der Waals surface area contributed by atoms with Crippen LogP contribution in [0, 0.1) is 0 Å². The van der Waals surface area contributed by atoms with Crippen LogP contribution in [0.5, 0.6) is 0 Å². The summed E-state index contributed by atoms with van der Waals surface area (Å²) >= 11 is 0. The quantitative estimate of drug-likeness (QED) is 0.457. The van der Waals surface area contributed by atoms with Crippen molar-refractivity contribution in [2.45, 2.75) is 18.1 Å². The average molecular weight is 432 g/mol. The van der Waals surface area contributed by atoms with Crippen molar-refractivity contribution in [2.75, 3.05) is 13.2 Å². The molecule has 3 aromatic carbocycles. The molecule has 32 heavy (non-hydrogen) atoms. The average Bonchev–Trinajstić information content (AvgIpc) is 3.14. The van der Waals surface area contributed by atoms with Gasteiger partial charge in [-0.25, -0.2) is 4.79 Å². The Labute approximate surface area is 185 Å². The van der Waals surface area contributed by atoms with Gasteiger partial charge in [-0.2, -0.15) is 0 Å². The number of nitrogens with two attached hydrogens (primary N) is 1. The van der Waals surface area contributed by atoms with Crippen molar-refractivity contribution in [2.24, 2.45) is 5.73 Å². The number of nitrogens with one attached hydrogen (secondary N) is 1. The maximum Gasteiger partial charge on any atom is 0.407 e. The first-order valence-corrected chi connectivity index (χ1v) is 10.3. The zero-order valence-electron chi connectivity index (χ0n) is 17.3. The van der Waals surface area contributed by atoms with Crippen molar-refractivity contribution in [3.8, 4) is 11.1 Å². The summed E-state index contributed by atoms with van der Waals surface area (Å²) in [6.07, 6.45) is -3.45. The number of hydrogen-bond donors (Lipinski definition) is 4. The van der Waals surface area contributed by atoms with Crippen LogP contribution in [0.15, 0.2) is 72.8 Å². The van der Waals surface area contributed by atoms with E-state index in [0.717, 1.165) is 22.3 Å². The summed E-state index contributed by atoms with van der Waals surface area (Å²) in [4.78, 5) is 23.8. The Kier molecular flexibility index (Phi) is 6.20. The van der Waals surface area contributed by atoms with E-state index in [-0.39, 0.29) is 30.2 Å². The summed E-state index contributed by atoms with van der Waals surface area (Å²) in [5.74, 6) is -0.789. The molecule has 2 unspecified atom stereocenters. The Balaban J connectivity index is 1.36. The molecule has 0 bridgehead atoms. The third kappa shape index (κ3) is 4.21. The number of amides is 2. The van der Waals surface area contributed by atoms with Crippen LogP contribution in [0.2, 0.25) is 0 Å². The van der Waals surface area contributed by atoms with Gasteiger partial charge in [-0.3, -0.25) is 4.79 Å². The highest BCUT2D eigenvalue weighted by molar-refractivity contribution is 5.94. The Morgan fingerprint density at radius 1 is 0.906 bits per heavy atom. The van der Waals surface area contributed by atoms with Gasteiger partial charge in [-0.05, 0) is 33.9 Å². The predicted molar refractivity (Wildman–Crippen MR) is 119 cm³/mol. The largest absolute Gasteiger partial charge is 0.449 e. The fraction of sp³-hybridized carbons (Fsp3) is 0.200. The third-order valence-electron chi connectivity index (χ3n) is 5.71.